The van der Waals surface area contributed by atoms with E-state index in [4.69, 9.17) is 5.73 Å². The van der Waals surface area contributed by atoms with Crippen molar-refractivity contribution in [3.8, 4) is 0 Å². The van der Waals surface area contributed by atoms with Gasteiger partial charge in [0.2, 0.25) is 0 Å². The molecule has 2 nitrogen and oxygen atoms in total. The summed E-state index contributed by atoms with van der Waals surface area (Å²) in [6.45, 7) is 2.04. The Labute approximate surface area is 122 Å². The summed E-state index contributed by atoms with van der Waals surface area (Å²) in [5.74, 6) is 3.05. The second kappa shape index (κ2) is 4.56. The largest absolute Gasteiger partial charge is 0.324 e. The molecule has 1 aromatic rings. The van der Waals surface area contributed by atoms with Gasteiger partial charge in [0.1, 0.15) is 0 Å². The molecule has 0 radical (unpaired) electrons. The number of aromatic nitrogens is 1. The van der Waals surface area contributed by atoms with Crippen LogP contribution in [0.1, 0.15) is 62.2 Å². The van der Waals surface area contributed by atoms with E-state index in [2.05, 4.69) is 17.1 Å². The van der Waals surface area contributed by atoms with Crippen molar-refractivity contribution in [3.05, 3.63) is 29.6 Å². The number of nitrogens with zero attached hydrogens (tertiary/aromatic N) is 1. The lowest BCUT2D eigenvalue weighted by atomic mass is 9.48. The van der Waals surface area contributed by atoms with Crippen molar-refractivity contribution in [2.24, 2.45) is 28.9 Å². The number of rotatable bonds is 3. The topological polar surface area (TPSA) is 38.9 Å². The van der Waals surface area contributed by atoms with Crippen LogP contribution in [0.4, 0.5) is 0 Å². The molecule has 0 amide bonds. The van der Waals surface area contributed by atoms with E-state index in [-0.39, 0.29) is 6.04 Å². The molecule has 5 rings (SSSR count). The average molecular weight is 270 g/mol. The first-order valence-corrected chi connectivity index (χ1v) is 8.30. The Bertz CT molecular complexity index is 455. The van der Waals surface area contributed by atoms with Crippen molar-refractivity contribution >= 4 is 0 Å². The summed E-state index contributed by atoms with van der Waals surface area (Å²) >= 11 is 0. The minimum absolute atomic E-state index is 0.180. The lowest BCUT2D eigenvalue weighted by molar-refractivity contribution is -0.0605. The van der Waals surface area contributed by atoms with E-state index in [1.807, 2.05) is 13.1 Å². The zero-order valence-electron chi connectivity index (χ0n) is 12.5. The summed E-state index contributed by atoms with van der Waals surface area (Å²) < 4.78 is 0. The van der Waals surface area contributed by atoms with Crippen molar-refractivity contribution in [2.75, 3.05) is 0 Å². The maximum absolute atomic E-state index is 6.53. The number of hydrogen-bond acceptors (Lipinski definition) is 2. The van der Waals surface area contributed by atoms with Crippen LogP contribution in [0.15, 0.2) is 18.3 Å². The molecule has 1 heterocycles. The third kappa shape index (κ3) is 2.18. The normalized spacial score (nSPS) is 40.0. The number of hydrogen-bond donors (Lipinski definition) is 1. The second-order valence-corrected chi connectivity index (χ2v) is 7.96. The number of nitrogens with two attached hydrogens (primary N) is 1. The van der Waals surface area contributed by atoms with Crippen molar-refractivity contribution in [3.63, 3.8) is 0 Å². The fourth-order valence-electron chi connectivity index (χ4n) is 5.82. The molecule has 1 atom stereocenters. The maximum atomic E-state index is 6.53. The van der Waals surface area contributed by atoms with Crippen molar-refractivity contribution < 1.29 is 0 Å². The Balaban J connectivity index is 1.52. The second-order valence-electron chi connectivity index (χ2n) is 7.96. The minimum Gasteiger partial charge on any atom is -0.324 e. The highest BCUT2D eigenvalue weighted by Gasteiger charge is 2.51. The van der Waals surface area contributed by atoms with E-state index in [9.17, 15) is 0 Å². The van der Waals surface area contributed by atoms with E-state index in [1.54, 1.807) is 0 Å². The fraction of sp³-hybridized carbons (Fsp3) is 0.722. The molecule has 4 bridgehead atoms. The van der Waals surface area contributed by atoms with Crippen molar-refractivity contribution in [1.82, 2.24) is 4.98 Å². The summed E-state index contributed by atoms with van der Waals surface area (Å²) in [5.41, 5.74) is 9.40. The third-order valence-corrected chi connectivity index (χ3v) is 6.18. The van der Waals surface area contributed by atoms with Gasteiger partial charge in [-0.2, -0.15) is 0 Å². The Kier molecular flexibility index (Phi) is 2.92. The van der Waals surface area contributed by atoms with Gasteiger partial charge in [-0.25, -0.2) is 0 Å². The Hall–Kier alpha value is -0.890. The van der Waals surface area contributed by atoms with Crippen LogP contribution in [0.25, 0.3) is 0 Å². The van der Waals surface area contributed by atoms with Gasteiger partial charge in [-0.05, 0) is 86.7 Å². The molecule has 20 heavy (non-hydrogen) atoms. The zero-order chi connectivity index (χ0) is 13.7. The van der Waals surface area contributed by atoms with E-state index in [0.717, 1.165) is 23.4 Å². The molecule has 4 fully saturated rings. The van der Waals surface area contributed by atoms with Crippen molar-refractivity contribution in [2.45, 2.75) is 57.9 Å². The highest BCUT2D eigenvalue weighted by Crippen LogP contribution is 2.62. The molecule has 4 aliphatic carbocycles. The summed E-state index contributed by atoms with van der Waals surface area (Å²) in [7, 11) is 0. The molecule has 4 aliphatic rings. The van der Waals surface area contributed by atoms with Crippen LogP contribution in [0.3, 0.4) is 0 Å². The van der Waals surface area contributed by atoms with Crippen LogP contribution in [-0.4, -0.2) is 4.98 Å². The molecule has 108 valence electrons. The molecule has 4 saturated carbocycles. The molecule has 0 aromatic carbocycles. The maximum Gasteiger partial charge on any atom is 0.0372 e. The monoisotopic (exact) mass is 270 g/mol. The van der Waals surface area contributed by atoms with Gasteiger partial charge in [-0.1, -0.05) is 6.07 Å². The quantitative estimate of drug-likeness (QED) is 0.901. The molecular formula is C18H26N2. The van der Waals surface area contributed by atoms with Crippen LogP contribution >= 0.6 is 0 Å². The molecule has 0 aliphatic heterocycles. The van der Waals surface area contributed by atoms with Crippen LogP contribution < -0.4 is 5.73 Å². The standard InChI is InChI=1S/C18H26N2/c1-12-2-3-16(11-20-12)17(19)10-18-7-13-4-14(8-18)6-15(5-13)9-18/h2-3,11,13-15,17H,4-10,19H2,1H3. The summed E-state index contributed by atoms with van der Waals surface area (Å²) in [6, 6.07) is 4.45. The summed E-state index contributed by atoms with van der Waals surface area (Å²) in [6.07, 6.45) is 12.1. The minimum atomic E-state index is 0.180. The smallest absolute Gasteiger partial charge is 0.0372 e. The van der Waals surface area contributed by atoms with E-state index in [1.165, 1.54) is 50.5 Å². The predicted octanol–water partition coefficient (Wildman–Crippen LogP) is 4.00. The van der Waals surface area contributed by atoms with E-state index < -0.39 is 0 Å². The van der Waals surface area contributed by atoms with Gasteiger partial charge in [-0.3, -0.25) is 4.98 Å². The van der Waals surface area contributed by atoms with E-state index in [0.29, 0.717) is 5.41 Å². The number of aryl methyl sites for hydroxylation is 1. The van der Waals surface area contributed by atoms with Crippen LogP contribution in [0, 0.1) is 30.1 Å². The first-order chi connectivity index (χ1) is 9.62. The SMILES string of the molecule is Cc1ccc(C(N)CC23CC4CC(CC(C4)C2)C3)cn1. The van der Waals surface area contributed by atoms with Gasteiger partial charge in [0.05, 0.1) is 0 Å². The van der Waals surface area contributed by atoms with Crippen LogP contribution in [0.2, 0.25) is 0 Å². The van der Waals surface area contributed by atoms with Crippen LogP contribution in [-0.2, 0) is 0 Å². The Morgan fingerprint density at radius 1 is 1.15 bits per heavy atom. The molecular weight excluding hydrogens is 244 g/mol. The summed E-state index contributed by atoms with van der Waals surface area (Å²) in [4.78, 5) is 4.41. The van der Waals surface area contributed by atoms with Gasteiger partial charge >= 0.3 is 0 Å². The summed E-state index contributed by atoms with van der Waals surface area (Å²) in [5, 5.41) is 0. The van der Waals surface area contributed by atoms with Crippen LogP contribution in [0.5, 0.6) is 0 Å². The molecule has 0 spiro atoms. The van der Waals surface area contributed by atoms with Gasteiger partial charge < -0.3 is 5.73 Å². The first-order valence-electron chi connectivity index (χ1n) is 8.30. The highest BCUT2D eigenvalue weighted by atomic mass is 14.7. The van der Waals surface area contributed by atoms with Gasteiger partial charge in [0.15, 0.2) is 0 Å². The zero-order valence-corrected chi connectivity index (χ0v) is 12.5. The Morgan fingerprint density at radius 2 is 1.75 bits per heavy atom. The lowest BCUT2D eigenvalue weighted by Gasteiger charge is -2.57. The highest BCUT2D eigenvalue weighted by molar-refractivity contribution is 5.18. The molecule has 2 heteroatoms. The average Bonchev–Trinajstić information content (AvgIpc) is 2.37. The predicted molar refractivity (Wildman–Crippen MR) is 81.1 cm³/mol. The van der Waals surface area contributed by atoms with Gasteiger partial charge in [-0.15, -0.1) is 0 Å². The third-order valence-electron chi connectivity index (χ3n) is 6.18. The van der Waals surface area contributed by atoms with Crippen molar-refractivity contribution in [1.29, 1.82) is 0 Å². The molecule has 0 saturated heterocycles. The van der Waals surface area contributed by atoms with E-state index >= 15 is 0 Å². The molecule has 1 unspecified atom stereocenters. The Morgan fingerprint density at radius 3 is 2.25 bits per heavy atom. The molecule has 2 N–H and O–H groups in total. The van der Waals surface area contributed by atoms with Gasteiger partial charge in [0.25, 0.3) is 0 Å². The number of pyridine rings is 1. The van der Waals surface area contributed by atoms with Gasteiger partial charge in [0, 0.05) is 17.9 Å². The molecule has 1 aromatic heterocycles. The first kappa shape index (κ1) is 12.8. The fourth-order valence-corrected chi connectivity index (χ4v) is 5.82. The lowest BCUT2D eigenvalue weighted by Crippen LogP contribution is -2.47.